The Kier molecular flexibility index (Phi) is 6.19. The van der Waals surface area contributed by atoms with Crippen molar-refractivity contribution in [3.63, 3.8) is 0 Å². The van der Waals surface area contributed by atoms with Crippen molar-refractivity contribution in [2.75, 3.05) is 19.6 Å². The van der Waals surface area contributed by atoms with E-state index in [1.807, 2.05) is 48.2 Å². The Morgan fingerprint density at radius 3 is 2.70 bits per heavy atom. The highest BCUT2D eigenvalue weighted by Crippen LogP contribution is 2.26. The van der Waals surface area contributed by atoms with Gasteiger partial charge in [-0.1, -0.05) is 24.3 Å². The van der Waals surface area contributed by atoms with Gasteiger partial charge in [0.05, 0.1) is 18.5 Å². The highest BCUT2D eigenvalue weighted by atomic mass is 16.2. The summed E-state index contributed by atoms with van der Waals surface area (Å²) in [6.07, 6.45) is 5.18. The van der Waals surface area contributed by atoms with Crippen molar-refractivity contribution in [1.29, 1.82) is 0 Å². The summed E-state index contributed by atoms with van der Waals surface area (Å²) in [7, 11) is 0. The Hall–Kier alpha value is -2.73. The van der Waals surface area contributed by atoms with Crippen LogP contribution in [-0.4, -0.2) is 41.3 Å². The van der Waals surface area contributed by atoms with Crippen molar-refractivity contribution in [3.8, 4) is 0 Å². The van der Waals surface area contributed by atoms with Crippen LogP contribution in [0, 0.1) is 12.8 Å². The van der Waals surface area contributed by atoms with Gasteiger partial charge in [-0.15, -0.1) is 0 Å². The second-order valence-electron chi connectivity index (χ2n) is 7.12. The van der Waals surface area contributed by atoms with Gasteiger partial charge in [-0.25, -0.2) is 0 Å². The maximum atomic E-state index is 13.0. The van der Waals surface area contributed by atoms with E-state index in [0.717, 1.165) is 36.1 Å². The lowest BCUT2D eigenvalue weighted by atomic mass is 9.93. The predicted molar refractivity (Wildman–Crippen MR) is 104 cm³/mol. The minimum atomic E-state index is -0.356. The highest BCUT2D eigenvalue weighted by Gasteiger charge is 2.29. The first-order chi connectivity index (χ1) is 13.0. The molecule has 1 aromatic heterocycles. The van der Waals surface area contributed by atoms with E-state index < -0.39 is 0 Å². The first kappa shape index (κ1) is 19.0. The van der Waals surface area contributed by atoms with Crippen LogP contribution in [-0.2, 0) is 9.59 Å². The fourth-order valence-corrected chi connectivity index (χ4v) is 3.70. The zero-order chi connectivity index (χ0) is 19.2. The second kappa shape index (κ2) is 8.77. The number of primary amides is 1. The Labute approximate surface area is 159 Å². The van der Waals surface area contributed by atoms with Gasteiger partial charge in [-0.3, -0.25) is 19.5 Å². The monoisotopic (exact) mass is 366 g/mol. The van der Waals surface area contributed by atoms with E-state index in [9.17, 15) is 9.59 Å². The van der Waals surface area contributed by atoms with Crippen molar-refractivity contribution in [1.82, 2.24) is 15.2 Å². The quantitative estimate of drug-likeness (QED) is 0.816. The van der Waals surface area contributed by atoms with E-state index in [1.54, 1.807) is 12.4 Å². The number of likely N-dealkylation sites (tertiary alicyclic amines) is 1. The third-order valence-corrected chi connectivity index (χ3v) is 5.08. The summed E-state index contributed by atoms with van der Waals surface area (Å²) in [6, 6.07) is 11.7. The number of nitrogens with two attached hydrogens (primary N) is 1. The molecule has 6 nitrogen and oxygen atoms in total. The molecule has 142 valence electrons. The molecule has 0 radical (unpaired) electrons. The van der Waals surface area contributed by atoms with Crippen molar-refractivity contribution < 1.29 is 9.59 Å². The standard InChI is InChI=1S/C21H26N4O2/c1-15-5-2-3-7-18(15)20(16-8-10-23-11-9-16)24-21(27)17-6-4-12-25(13-17)14-19(22)26/h2-3,5,7-11,17,20H,4,6,12-14H2,1H3,(H2,22,26)(H,24,27). The van der Waals surface area contributed by atoms with Gasteiger partial charge in [-0.2, -0.15) is 0 Å². The Morgan fingerprint density at radius 1 is 1.26 bits per heavy atom. The molecule has 0 bridgehead atoms. The number of aromatic nitrogens is 1. The molecule has 1 fully saturated rings. The van der Waals surface area contributed by atoms with E-state index in [4.69, 9.17) is 5.73 Å². The van der Waals surface area contributed by atoms with Crippen molar-refractivity contribution in [2.45, 2.75) is 25.8 Å². The molecule has 2 aromatic rings. The van der Waals surface area contributed by atoms with E-state index in [1.165, 1.54) is 0 Å². The van der Waals surface area contributed by atoms with Crippen LogP contribution in [0.15, 0.2) is 48.8 Å². The summed E-state index contributed by atoms with van der Waals surface area (Å²) in [5.74, 6) is -0.494. The van der Waals surface area contributed by atoms with Gasteiger partial charge in [-0.05, 0) is 55.1 Å². The van der Waals surface area contributed by atoms with Crippen molar-refractivity contribution in [3.05, 3.63) is 65.5 Å². The van der Waals surface area contributed by atoms with Gasteiger partial charge in [0.25, 0.3) is 0 Å². The Morgan fingerprint density at radius 2 is 2.00 bits per heavy atom. The molecular formula is C21H26N4O2. The molecular weight excluding hydrogens is 340 g/mol. The van der Waals surface area contributed by atoms with Crippen LogP contribution in [0.3, 0.4) is 0 Å². The van der Waals surface area contributed by atoms with Gasteiger partial charge in [0.15, 0.2) is 0 Å². The molecule has 1 aliphatic heterocycles. The third-order valence-electron chi connectivity index (χ3n) is 5.08. The van der Waals surface area contributed by atoms with E-state index in [2.05, 4.69) is 10.3 Å². The second-order valence-corrected chi connectivity index (χ2v) is 7.12. The summed E-state index contributed by atoms with van der Waals surface area (Å²) in [5.41, 5.74) is 8.50. The lowest BCUT2D eigenvalue weighted by Crippen LogP contribution is -2.46. The van der Waals surface area contributed by atoms with Crippen LogP contribution >= 0.6 is 0 Å². The van der Waals surface area contributed by atoms with Crippen LogP contribution < -0.4 is 11.1 Å². The lowest BCUT2D eigenvalue weighted by molar-refractivity contribution is -0.128. The smallest absolute Gasteiger partial charge is 0.231 e. The number of amides is 2. The van der Waals surface area contributed by atoms with Gasteiger partial charge >= 0.3 is 0 Å². The number of hydrogen-bond acceptors (Lipinski definition) is 4. The Bertz CT molecular complexity index is 794. The van der Waals surface area contributed by atoms with Gasteiger partial charge in [0.1, 0.15) is 0 Å². The molecule has 0 saturated carbocycles. The SMILES string of the molecule is Cc1ccccc1C(NC(=O)C1CCCN(CC(N)=O)C1)c1ccncc1. The normalized spacial score (nSPS) is 18.6. The number of nitrogens with one attached hydrogen (secondary N) is 1. The number of carbonyl (C=O) groups excluding carboxylic acids is 2. The molecule has 2 unspecified atom stereocenters. The minimum absolute atomic E-state index is 0.00855. The Balaban J connectivity index is 1.79. The maximum absolute atomic E-state index is 13.0. The van der Waals surface area contributed by atoms with Crippen LogP contribution in [0.2, 0.25) is 0 Å². The van der Waals surface area contributed by atoms with Gasteiger partial charge in [0.2, 0.25) is 11.8 Å². The first-order valence-corrected chi connectivity index (χ1v) is 9.31. The summed E-state index contributed by atoms with van der Waals surface area (Å²) in [4.78, 5) is 30.3. The number of pyridine rings is 1. The number of piperidine rings is 1. The number of rotatable bonds is 6. The zero-order valence-corrected chi connectivity index (χ0v) is 15.6. The largest absolute Gasteiger partial charge is 0.369 e. The molecule has 0 spiro atoms. The summed E-state index contributed by atoms with van der Waals surface area (Å²) < 4.78 is 0. The topological polar surface area (TPSA) is 88.3 Å². The molecule has 2 atom stereocenters. The highest BCUT2D eigenvalue weighted by molar-refractivity contribution is 5.80. The zero-order valence-electron chi connectivity index (χ0n) is 15.6. The average molecular weight is 366 g/mol. The van der Waals surface area contributed by atoms with Crippen molar-refractivity contribution >= 4 is 11.8 Å². The molecule has 2 heterocycles. The molecule has 3 N–H and O–H groups in total. The fraction of sp³-hybridized carbons (Fsp3) is 0.381. The summed E-state index contributed by atoms with van der Waals surface area (Å²) >= 11 is 0. The lowest BCUT2D eigenvalue weighted by Gasteiger charge is -2.32. The minimum Gasteiger partial charge on any atom is -0.369 e. The van der Waals surface area contributed by atoms with Crippen LogP contribution in [0.4, 0.5) is 0 Å². The third kappa shape index (κ3) is 4.92. The fourth-order valence-electron chi connectivity index (χ4n) is 3.70. The number of benzene rings is 1. The number of aryl methyl sites for hydroxylation is 1. The number of nitrogens with zero attached hydrogens (tertiary/aromatic N) is 2. The molecule has 1 aliphatic rings. The van der Waals surface area contributed by atoms with E-state index in [-0.39, 0.29) is 30.3 Å². The van der Waals surface area contributed by atoms with E-state index >= 15 is 0 Å². The van der Waals surface area contributed by atoms with Gasteiger partial charge in [0, 0.05) is 18.9 Å². The first-order valence-electron chi connectivity index (χ1n) is 9.31. The molecule has 2 amide bonds. The van der Waals surface area contributed by atoms with Crippen LogP contribution in [0.5, 0.6) is 0 Å². The summed E-state index contributed by atoms with van der Waals surface area (Å²) in [5, 5.41) is 3.22. The van der Waals surface area contributed by atoms with Gasteiger partial charge < -0.3 is 11.1 Å². The molecule has 27 heavy (non-hydrogen) atoms. The van der Waals surface area contributed by atoms with Crippen molar-refractivity contribution in [2.24, 2.45) is 11.7 Å². The van der Waals surface area contributed by atoms with E-state index in [0.29, 0.717) is 6.54 Å². The summed E-state index contributed by atoms with van der Waals surface area (Å²) in [6.45, 7) is 3.62. The molecule has 3 rings (SSSR count). The molecule has 6 heteroatoms. The number of hydrogen-bond donors (Lipinski definition) is 2. The molecule has 1 aromatic carbocycles. The maximum Gasteiger partial charge on any atom is 0.231 e. The molecule has 0 aliphatic carbocycles. The predicted octanol–water partition coefficient (Wildman–Crippen LogP) is 1.79. The molecule has 1 saturated heterocycles. The average Bonchev–Trinajstić information content (AvgIpc) is 2.67. The van der Waals surface area contributed by atoms with Crippen LogP contribution in [0.25, 0.3) is 0 Å². The van der Waals surface area contributed by atoms with Crippen LogP contribution in [0.1, 0.15) is 35.6 Å². The number of carbonyl (C=O) groups is 2.